The predicted molar refractivity (Wildman–Crippen MR) is 63.8 cm³/mol. The molecule has 0 saturated carbocycles. The maximum absolute atomic E-state index is 9.68. The van der Waals surface area contributed by atoms with Gasteiger partial charge in [-0.1, -0.05) is 40.5 Å². The van der Waals surface area contributed by atoms with Crippen molar-refractivity contribution in [2.45, 2.75) is 52.7 Å². The Bertz CT molecular complexity index is 137. The third-order valence-electron chi connectivity index (χ3n) is 3.31. The third-order valence-corrected chi connectivity index (χ3v) is 3.31. The van der Waals surface area contributed by atoms with Crippen LogP contribution in [0.4, 0.5) is 0 Å². The monoisotopic (exact) mass is 217 g/mol. The second-order valence-electron chi connectivity index (χ2n) is 4.56. The number of aliphatic hydroxyl groups excluding tert-OH is 2. The summed E-state index contributed by atoms with van der Waals surface area (Å²) in [4.78, 5) is 0. The molecule has 3 N–H and O–H groups in total. The molecule has 3 nitrogen and oxygen atoms in total. The van der Waals surface area contributed by atoms with E-state index in [0.29, 0.717) is 24.9 Å². The number of hydrogen-bond donors (Lipinski definition) is 3. The quantitative estimate of drug-likeness (QED) is 0.576. The van der Waals surface area contributed by atoms with Gasteiger partial charge in [-0.2, -0.15) is 0 Å². The van der Waals surface area contributed by atoms with Crippen LogP contribution in [0, 0.1) is 11.8 Å². The van der Waals surface area contributed by atoms with E-state index in [1.165, 1.54) is 0 Å². The van der Waals surface area contributed by atoms with Crippen molar-refractivity contribution in [1.29, 1.82) is 0 Å². The fourth-order valence-corrected chi connectivity index (χ4v) is 1.33. The molecule has 0 amide bonds. The first-order valence-electron chi connectivity index (χ1n) is 6.09. The minimum absolute atomic E-state index is 0.306. The second kappa shape index (κ2) is 8.08. The molecule has 0 aliphatic heterocycles. The summed E-state index contributed by atoms with van der Waals surface area (Å²) in [6, 6.07) is 0. The van der Waals surface area contributed by atoms with Crippen molar-refractivity contribution in [2.24, 2.45) is 11.8 Å². The lowest BCUT2D eigenvalue weighted by molar-refractivity contribution is 0.0888. The molecule has 0 aliphatic carbocycles. The molecule has 4 unspecified atom stereocenters. The van der Waals surface area contributed by atoms with Gasteiger partial charge in [0, 0.05) is 13.1 Å². The molecular weight excluding hydrogens is 190 g/mol. The first-order chi connectivity index (χ1) is 7.02. The van der Waals surface area contributed by atoms with E-state index in [2.05, 4.69) is 19.2 Å². The van der Waals surface area contributed by atoms with Gasteiger partial charge in [0.2, 0.25) is 0 Å². The zero-order chi connectivity index (χ0) is 11.8. The van der Waals surface area contributed by atoms with Crippen LogP contribution in [0.2, 0.25) is 0 Å². The predicted octanol–water partition coefficient (Wildman–Crippen LogP) is 1.39. The Hall–Kier alpha value is -0.120. The first-order valence-corrected chi connectivity index (χ1v) is 6.09. The van der Waals surface area contributed by atoms with Crippen molar-refractivity contribution in [3.05, 3.63) is 0 Å². The number of rotatable bonds is 8. The molecule has 3 heteroatoms. The van der Waals surface area contributed by atoms with Crippen molar-refractivity contribution >= 4 is 0 Å². The van der Waals surface area contributed by atoms with Gasteiger partial charge in [-0.25, -0.2) is 0 Å². The summed E-state index contributed by atoms with van der Waals surface area (Å²) < 4.78 is 0. The van der Waals surface area contributed by atoms with E-state index in [1.807, 2.05) is 13.8 Å². The van der Waals surface area contributed by atoms with Gasteiger partial charge >= 0.3 is 0 Å². The van der Waals surface area contributed by atoms with Gasteiger partial charge in [0.05, 0.1) is 12.2 Å². The van der Waals surface area contributed by atoms with Gasteiger partial charge < -0.3 is 15.5 Å². The second-order valence-corrected chi connectivity index (χ2v) is 4.56. The van der Waals surface area contributed by atoms with E-state index in [0.717, 1.165) is 12.8 Å². The van der Waals surface area contributed by atoms with Crippen molar-refractivity contribution in [3.63, 3.8) is 0 Å². The molecule has 0 aliphatic rings. The average Bonchev–Trinajstić information content (AvgIpc) is 2.26. The smallest absolute Gasteiger partial charge is 0.0689 e. The molecule has 0 aromatic carbocycles. The molecule has 0 bridgehead atoms. The zero-order valence-corrected chi connectivity index (χ0v) is 10.5. The molecule has 0 spiro atoms. The van der Waals surface area contributed by atoms with Gasteiger partial charge in [0.1, 0.15) is 0 Å². The highest BCUT2D eigenvalue weighted by Crippen LogP contribution is 2.08. The van der Waals surface area contributed by atoms with Crippen LogP contribution < -0.4 is 5.32 Å². The normalized spacial score (nSPS) is 19.6. The molecule has 0 radical (unpaired) electrons. The Labute approximate surface area is 93.9 Å². The number of hydrogen-bond acceptors (Lipinski definition) is 3. The van der Waals surface area contributed by atoms with Gasteiger partial charge in [0.25, 0.3) is 0 Å². The van der Waals surface area contributed by atoms with E-state index < -0.39 is 0 Å². The average molecular weight is 217 g/mol. The van der Waals surface area contributed by atoms with Crippen LogP contribution in [0.25, 0.3) is 0 Å². The van der Waals surface area contributed by atoms with Crippen LogP contribution in [0.15, 0.2) is 0 Å². The maximum Gasteiger partial charge on any atom is 0.0689 e. The Kier molecular flexibility index (Phi) is 8.02. The lowest BCUT2D eigenvalue weighted by Crippen LogP contribution is -2.37. The van der Waals surface area contributed by atoms with Gasteiger partial charge in [-0.15, -0.1) is 0 Å². The number of nitrogens with one attached hydrogen (secondary N) is 1. The summed E-state index contributed by atoms with van der Waals surface area (Å²) in [5.41, 5.74) is 0. The summed E-state index contributed by atoms with van der Waals surface area (Å²) in [5, 5.41) is 22.5. The summed E-state index contributed by atoms with van der Waals surface area (Å²) in [6.07, 6.45) is 1.35. The van der Waals surface area contributed by atoms with Gasteiger partial charge in [-0.3, -0.25) is 0 Å². The minimum atomic E-state index is -0.306. The lowest BCUT2D eigenvalue weighted by atomic mass is 10.0. The lowest BCUT2D eigenvalue weighted by Gasteiger charge is -2.21. The number of aliphatic hydroxyl groups is 2. The molecule has 4 atom stereocenters. The minimum Gasteiger partial charge on any atom is -0.392 e. The van der Waals surface area contributed by atoms with E-state index >= 15 is 0 Å². The van der Waals surface area contributed by atoms with Crippen LogP contribution in [0.5, 0.6) is 0 Å². The third kappa shape index (κ3) is 6.13. The molecule has 0 aromatic rings. The van der Waals surface area contributed by atoms with Crippen LogP contribution >= 0.6 is 0 Å². The highest BCUT2D eigenvalue weighted by atomic mass is 16.3. The summed E-state index contributed by atoms with van der Waals surface area (Å²) >= 11 is 0. The van der Waals surface area contributed by atoms with Crippen LogP contribution in [-0.2, 0) is 0 Å². The molecular formula is C12H27NO2. The van der Waals surface area contributed by atoms with Crippen molar-refractivity contribution in [1.82, 2.24) is 5.32 Å². The topological polar surface area (TPSA) is 52.5 Å². The largest absolute Gasteiger partial charge is 0.392 e. The zero-order valence-electron chi connectivity index (χ0n) is 10.5. The fraction of sp³-hybridized carbons (Fsp3) is 1.00. The molecule has 0 rings (SSSR count). The first kappa shape index (κ1) is 14.9. The van der Waals surface area contributed by atoms with Gasteiger partial charge in [0.15, 0.2) is 0 Å². The van der Waals surface area contributed by atoms with Gasteiger partial charge in [-0.05, 0) is 11.8 Å². The highest BCUT2D eigenvalue weighted by Gasteiger charge is 2.14. The van der Waals surface area contributed by atoms with Crippen molar-refractivity contribution < 1.29 is 10.2 Å². The van der Waals surface area contributed by atoms with E-state index in [4.69, 9.17) is 0 Å². The Morgan fingerprint density at radius 1 is 0.867 bits per heavy atom. The maximum atomic E-state index is 9.68. The van der Waals surface area contributed by atoms with E-state index in [1.54, 1.807) is 0 Å². The van der Waals surface area contributed by atoms with Crippen LogP contribution in [0.3, 0.4) is 0 Å². The van der Waals surface area contributed by atoms with Crippen molar-refractivity contribution in [3.8, 4) is 0 Å². The summed E-state index contributed by atoms with van der Waals surface area (Å²) in [7, 11) is 0. The molecule has 92 valence electrons. The SMILES string of the molecule is CCC(C)C(O)CNCC(O)C(C)CC. The van der Waals surface area contributed by atoms with E-state index in [-0.39, 0.29) is 12.2 Å². The van der Waals surface area contributed by atoms with Crippen LogP contribution in [0.1, 0.15) is 40.5 Å². The molecule has 0 heterocycles. The van der Waals surface area contributed by atoms with Crippen molar-refractivity contribution in [2.75, 3.05) is 13.1 Å². The molecule has 15 heavy (non-hydrogen) atoms. The summed E-state index contributed by atoms with van der Waals surface area (Å²) in [5.74, 6) is 0.636. The molecule has 0 aromatic heterocycles. The van der Waals surface area contributed by atoms with E-state index in [9.17, 15) is 10.2 Å². The fourth-order valence-electron chi connectivity index (χ4n) is 1.33. The standard InChI is InChI=1S/C12H27NO2/c1-5-9(3)11(14)7-13-8-12(15)10(4)6-2/h9-15H,5-8H2,1-4H3. The highest BCUT2D eigenvalue weighted by molar-refractivity contribution is 4.70. The van der Waals surface area contributed by atoms with Crippen LogP contribution in [-0.4, -0.2) is 35.5 Å². The Morgan fingerprint density at radius 3 is 1.47 bits per heavy atom. The summed E-state index contributed by atoms with van der Waals surface area (Å²) in [6.45, 7) is 9.36. The Morgan fingerprint density at radius 2 is 1.20 bits per heavy atom. The molecule has 0 saturated heterocycles. The molecule has 0 fully saturated rings. The Balaban J connectivity index is 3.60.